The summed E-state index contributed by atoms with van der Waals surface area (Å²) < 4.78 is 0. The van der Waals surface area contributed by atoms with Gasteiger partial charge in [0.05, 0.1) is 11.1 Å². The fourth-order valence-electron chi connectivity index (χ4n) is 2.59. The lowest BCUT2D eigenvalue weighted by atomic mass is 10.1. The molecule has 0 bridgehead atoms. The molecule has 1 aromatic rings. The minimum atomic E-state index is -1.09. The number of amides is 3. The molecular formula is C17H20N2O5. The zero-order valence-corrected chi connectivity index (χ0v) is 13.4. The molecule has 0 aromatic heterocycles. The maximum atomic E-state index is 12.2. The molecule has 24 heavy (non-hydrogen) atoms. The van der Waals surface area contributed by atoms with Crippen molar-refractivity contribution in [2.24, 2.45) is 0 Å². The second-order valence-corrected chi connectivity index (χ2v) is 5.66. The van der Waals surface area contributed by atoms with Gasteiger partial charge in [-0.2, -0.15) is 0 Å². The second kappa shape index (κ2) is 7.72. The van der Waals surface area contributed by atoms with Gasteiger partial charge in [0.15, 0.2) is 0 Å². The lowest BCUT2D eigenvalue weighted by Gasteiger charge is -2.16. The van der Waals surface area contributed by atoms with E-state index in [1.807, 2.05) is 6.92 Å². The maximum Gasteiger partial charge on any atom is 0.326 e. The van der Waals surface area contributed by atoms with Gasteiger partial charge in [-0.1, -0.05) is 31.9 Å². The average molecular weight is 332 g/mol. The number of fused-ring (bicyclic) bond motifs is 1. The Morgan fingerprint density at radius 3 is 2.25 bits per heavy atom. The molecule has 0 radical (unpaired) electrons. The predicted octanol–water partition coefficient (Wildman–Crippen LogP) is 1.43. The van der Waals surface area contributed by atoms with E-state index in [0.717, 1.165) is 11.3 Å². The first-order chi connectivity index (χ1) is 11.5. The number of aliphatic carboxylic acids is 1. The summed E-state index contributed by atoms with van der Waals surface area (Å²) in [6.07, 6.45) is 1.75. The van der Waals surface area contributed by atoms with Crippen LogP contribution in [-0.4, -0.2) is 46.3 Å². The Morgan fingerprint density at radius 1 is 1.17 bits per heavy atom. The summed E-state index contributed by atoms with van der Waals surface area (Å²) in [6.45, 7) is 1.86. The first-order valence-corrected chi connectivity index (χ1v) is 7.93. The molecule has 2 N–H and O–H groups in total. The van der Waals surface area contributed by atoms with Crippen molar-refractivity contribution in [2.75, 3.05) is 6.54 Å². The van der Waals surface area contributed by atoms with Crippen molar-refractivity contribution in [1.29, 1.82) is 0 Å². The molecule has 1 aliphatic rings. The van der Waals surface area contributed by atoms with Crippen LogP contribution in [0.3, 0.4) is 0 Å². The van der Waals surface area contributed by atoms with Gasteiger partial charge >= 0.3 is 5.97 Å². The molecule has 2 rings (SSSR count). The molecular weight excluding hydrogens is 312 g/mol. The van der Waals surface area contributed by atoms with E-state index in [1.54, 1.807) is 24.3 Å². The van der Waals surface area contributed by atoms with Crippen LogP contribution in [-0.2, 0) is 9.59 Å². The molecule has 0 saturated heterocycles. The Morgan fingerprint density at radius 2 is 1.75 bits per heavy atom. The van der Waals surface area contributed by atoms with Gasteiger partial charge in [-0.3, -0.25) is 19.3 Å². The SMILES string of the molecule is CCCC[C@H](NC(=O)CCN1C(=O)c2ccccc2C1=O)C(=O)O. The Kier molecular flexibility index (Phi) is 5.68. The van der Waals surface area contributed by atoms with Crippen molar-refractivity contribution in [3.63, 3.8) is 0 Å². The third-order valence-electron chi connectivity index (χ3n) is 3.92. The first-order valence-electron chi connectivity index (χ1n) is 7.93. The van der Waals surface area contributed by atoms with Gasteiger partial charge in [0.25, 0.3) is 11.8 Å². The fraction of sp³-hybridized carbons (Fsp3) is 0.412. The molecule has 3 amide bonds. The van der Waals surface area contributed by atoms with E-state index < -0.39 is 29.7 Å². The van der Waals surface area contributed by atoms with Crippen LogP contribution < -0.4 is 5.32 Å². The maximum absolute atomic E-state index is 12.2. The smallest absolute Gasteiger partial charge is 0.326 e. The van der Waals surface area contributed by atoms with E-state index in [2.05, 4.69) is 5.32 Å². The number of nitrogens with one attached hydrogen (secondary N) is 1. The lowest BCUT2D eigenvalue weighted by molar-refractivity contribution is -0.142. The van der Waals surface area contributed by atoms with E-state index in [0.29, 0.717) is 24.0 Å². The van der Waals surface area contributed by atoms with Crippen LogP contribution in [0.15, 0.2) is 24.3 Å². The standard InChI is InChI=1S/C17H20N2O5/c1-2-3-8-13(17(23)24)18-14(20)9-10-19-15(21)11-6-4-5-7-12(11)16(19)22/h4-7,13H,2-3,8-10H2,1H3,(H,18,20)(H,23,24)/t13-/m0/s1. The molecule has 0 spiro atoms. The van der Waals surface area contributed by atoms with Crippen molar-refractivity contribution in [3.05, 3.63) is 35.4 Å². The molecule has 7 nitrogen and oxygen atoms in total. The van der Waals surface area contributed by atoms with Gasteiger partial charge in [0, 0.05) is 13.0 Å². The Bertz CT molecular complexity index is 636. The van der Waals surface area contributed by atoms with Crippen molar-refractivity contribution in [1.82, 2.24) is 10.2 Å². The Hall–Kier alpha value is -2.70. The number of imide groups is 1. The number of rotatable bonds is 8. The molecule has 0 aliphatic carbocycles. The minimum absolute atomic E-state index is 0.0711. The summed E-state index contributed by atoms with van der Waals surface area (Å²) in [7, 11) is 0. The largest absolute Gasteiger partial charge is 0.480 e. The summed E-state index contributed by atoms with van der Waals surface area (Å²) in [5.41, 5.74) is 0.656. The zero-order chi connectivity index (χ0) is 17.7. The molecule has 0 unspecified atom stereocenters. The van der Waals surface area contributed by atoms with E-state index in [1.165, 1.54) is 0 Å². The van der Waals surface area contributed by atoms with Gasteiger partial charge < -0.3 is 10.4 Å². The number of carboxylic acids is 1. The molecule has 0 fully saturated rings. The van der Waals surface area contributed by atoms with Gasteiger partial charge in [-0.25, -0.2) is 4.79 Å². The number of nitrogens with zero attached hydrogens (tertiary/aromatic N) is 1. The minimum Gasteiger partial charge on any atom is -0.480 e. The van der Waals surface area contributed by atoms with Crippen molar-refractivity contribution >= 4 is 23.7 Å². The summed E-state index contributed by atoms with van der Waals surface area (Å²) >= 11 is 0. The summed E-state index contributed by atoms with van der Waals surface area (Å²) in [4.78, 5) is 48.4. The highest BCUT2D eigenvalue weighted by Crippen LogP contribution is 2.22. The number of hydrogen-bond donors (Lipinski definition) is 2. The van der Waals surface area contributed by atoms with Crippen molar-refractivity contribution < 1.29 is 24.3 Å². The van der Waals surface area contributed by atoms with Gasteiger partial charge in [-0.15, -0.1) is 0 Å². The molecule has 128 valence electrons. The molecule has 7 heteroatoms. The van der Waals surface area contributed by atoms with Crippen LogP contribution in [0.1, 0.15) is 53.3 Å². The topological polar surface area (TPSA) is 104 Å². The third kappa shape index (κ3) is 3.79. The molecule has 1 aliphatic heterocycles. The predicted molar refractivity (Wildman–Crippen MR) is 85.5 cm³/mol. The van der Waals surface area contributed by atoms with Gasteiger partial charge in [0.2, 0.25) is 5.91 Å². The number of benzene rings is 1. The summed E-state index contributed by atoms with van der Waals surface area (Å²) in [6, 6.07) is 5.54. The molecule has 0 saturated carbocycles. The van der Waals surface area contributed by atoms with Gasteiger partial charge in [-0.05, 0) is 18.6 Å². The molecule has 1 heterocycles. The van der Waals surface area contributed by atoms with Crippen molar-refractivity contribution in [3.8, 4) is 0 Å². The van der Waals surface area contributed by atoms with Crippen LogP contribution in [0.4, 0.5) is 0 Å². The summed E-state index contributed by atoms with van der Waals surface area (Å²) in [5.74, 6) is -2.43. The number of carbonyl (C=O) groups excluding carboxylic acids is 3. The monoisotopic (exact) mass is 332 g/mol. The Labute approximate surface area is 139 Å². The lowest BCUT2D eigenvalue weighted by Crippen LogP contribution is -2.42. The van der Waals surface area contributed by atoms with Gasteiger partial charge in [0.1, 0.15) is 6.04 Å². The van der Waals surface area contributed by atoms with Crippen LogP contribution in [0.2, 0.25) is 0 Å². The second-order valence-electron chi connectivity index (χ2n) is 5.66. The highest BCUT2D eigenvalue weighted by atomic mass is 16.4. The van der Waals surface area contributed by atoms with Crippen LogP contribution in [0.25, 0.3) is 0 Å². The normalized spacial score (nSPS) is 14.5. The van der Waals surface area contributed by atoms with E-state index >= 15 is 0 Å². The van der Waals surface area contributed by atoms with Crippen LogP contribution in [0, 0.1) is 0 Å². The highest BCUT2D eigenvalue weighted by Gasteiger charge is 2.35. The van der Waals surface area contributed by atoms with Crippen LogP contribution in [0.5, 0.6) is 0 Å². The average Bonchev–Trinajstić information content (AvgIpc) is 2.81. The van der Waals surface area contributed by atoms with E-state index in [9.17, 15) is 19.2 Å². The van der Waals surface area contributed by atoms with E-state index in [4.69, 9.17) is 5.11 Å². The quantitative estimate of drug-likeness (QED) is 0.701. The number of carboxylic acid groups (broad SMARTS) is 1. The van der Waals surface area contributed by atoms with E-state index in [-0.39, 0.29) is 13.0 Å². The zero-order valence-electron chi connectivity index (χ0n) is 13.4. The van der Waals surface area contributed by atoms with Crippen LogP contribution >= 0.6 is 0 Å². The number of hydrogen-bond acceptors (Lipinski definition) is 4. The number of carbonyl (C=O) groups is 4. The molecule has 1 atom stereocenters. The Balaban J connectivity index is 1.92. The highest BCUT2D eigenvalue weighted by molar-refractivity contribution is 6.21. The number of unbranched alkanes of at least 4 members (excludes halogenated alkanes) is 1. The third-order valence-corrected chi connectivity index (χ3v) is 3.92. The van der Waals surface area contributed by atoms with Crippen molar-refractivity contribution in [2.45, 2.75) is 38.6 Å². The molecule has 1 aromatic carbocycles. The summed E-state index contributed by atoms with van der Waals surface area (Å²) in [5, 5.41) is 11.5. The fourth-order valence-corrected chi connectivity index (χ4v) is 2.59. The first kappa shape index (κ1) is 17.7.